The van der Waals surface area contributed by atoms with Crippen LogP contribution in [0, 0.1) is 11.6 Å². The Morgan fingerprint density at radius 2 is 1.95 bits per heavy atom. The summed E-state index contributed by atoms with van der Waals surface area (Å²) >= 11 is 1.43. The van der Waals surface area contributed by atoms with Crippen LogP contribution in [-0.4, -0.2) is 32.9 Å². The van der Waals surface area contributed by atoms with Crippen LogP contribution in [0.25, 0.3) is 21.5 Å². The minimum atomic E-state index is -1.02. The van der Waals surface area contributed by atoms with E-state index in [0.717, 1.165) is 38.5 Å². The van der Waals surface area contributed by atoms with Gasteiger partial charge in [0.1, 0.15) is 11.2 Å². The van der Waals surface area contributed by atoms with Crippen molar-refractivity contribution in [1.82, 2.24) is 25.2 Å². The molecular weight excluding hydrogens is 536 g/mol. The number of carbonyl (C=O) groups is 2. The highest BCUT2D eigenvalue weighted by atomic mass is 32.1. The van der Waals surface area contributed by atoms with E-state index < -0.39 is 29.1 Å². The Bertz CT molecular complexity index is 1760. The molecule has 0 spiro atoms. The molecule has 4 heterocycles. The number of aromatic amines is 1. The Morgan fingerprint density at radius 1 is 1.10 bits per heavy atom. The summed E-state index contributed by atoms with van der Waals surface area (Å²) in [5.41, 5.74) is 1.34. The first-order valence-electron chi connectivity index (χ1n) is 12.6. The van der Waals surface area contributed by atoms with Gasteiger partial charge in [-0.05, 0) is 61.0 Å². The van der Waals surface area contributed by atoms with Crippen LogP contribution in [0.1, 0.15) is 40.2 Å². The summed E-state index contributed by atoms with van der Waals surface area (Å²) in [7, 11) is 0. The van der Waals surface area contributed by atoms with Crippen molar-refractivity contribution in [2.45, 2.75) is 25.9 Å². The van der Waals surface area contributed by atoms with E-state index in [4.69, 9.17) is 0 Å². The number of pyridine rings is 2. The molecule has 0 aliphatic rings. The average molecular weight is 562 g/mol. The number of carbonyl (C=O) groups excluding carboxylic acids is 2. The molecule has 0 aliphatic carbocycles. The third-order valence-electron chi connectivity index (χ3n) is 6.36. The molecular formula is C29H25F2N5O3S. The highest BCUT2D eigenvalue weighted by Gasteiger charge is 2.23. The third-order valence-corrected chi connectivity index (χ3v) is 7.59. The van der Waals surface area contributed by atoms with Crippen LogP contribution in [0.3, 0.4) is 0 Å². The van der Waals surface area contributed by atoms with Gasteiger partial charge in [-0.25, -0.2) is 13.8 Å². The van der Waals surface area contributed by atoms with Crippen molar-refractivity contribution >= 4 is 34.2 Å². The predicted octanol–water partition coefficient (Wildman–Crippen LogP) is 4.78. The normalized spacial score (nSPS) is 11.9. The van der Waals surface area contributed by atoms with Gasteiger partial charge in [0.15, 0.2) is 11.6 Å². The minimum Gasteiger partial charge on any atom is -0.356 e. The molecule has 2 amide bonds. The van der Waals surface area contributed by atoms with Crippen LogP contribution in [0.5, 0.6) is 0 Å². The standard InChI is InChI=1S/C29H25F2N5O3S/c1-2-32-26(37)14-23(25-10-9-24(40-25)20-15-34-27-18(20)5-3-11-33-27)35-28(38)19-6-4-12-36(29(19)39)16-17-7-8-21(30)22(31)13-17/h3-13,15,23H,2,14,16H2,1H3,(H,32,37)(H,33,34)(H,35,38)/t23-/m1/s1. The van der Waals surface area contributed by atoms with Gasteiger partial charge in [0.2, 0.25) is 5.91 Å². The van der Waals surface area contributed by atoms with E-state index in [1.54, 1.807) is 13.1 Å². The summed E-state index contributed by atoms with van der Waals surface area (Å²) in [4.78, 5) is 48.1. The smallest absolute Gasteiger partial charge is 0.263 e. The van der Waals surface area contributed by atoms with E-state index >= 15 is 0 Å². The fourth-order valence-corrected chi connectivity index (χ4v) is 5.52. The molecule has 5 aromatic rings. The van der Waals surface area contributed by atoms with Crippen LogP contribution in [0.4, 0.5) is 8.78 Å². The number of benzene rings is 1. The van der Waals surface area contributed by atoms with Crippen molar-refractivity contribution in [3.63, 3.8) is 0 Å². The molecule has 0 radical (unpaired) electrons. The Kier molecular flexibility index (Phi) is 7.83. The number of nitrogens with zero attached hydrogens (tertiary/aromatic N) is 2. The lowest BCUT2D eigenvalue weighted by molar-refractivity contribution is -0.121. The highest BCUT2D eigenvalue weighted by Crippen LogP contribution is 2.36. The lowest BCUT2D eigenvalue weighted by Crippen LogP contribution is -2.37. The maximum absolute atomic E-state index is 13.7. The lowest BCUT2D eigenvalue weighted by Gasteiger charge is -2.17. The van der Waals surface area contributed by atoms with Crippen molar-refractivity contribution in [1.29, 1.82) is 0 Å². The first-order valence-corrected chi connectivity index (χ1v) is 13.4. The number of amides is 2. The van der Waals surface area contributed by atoms with Crippen LogP contribution in [-0.2, 0) is 11.3 Å². The van der Waals surface area contributed by atoms with Crippen molar-refractivity contribution in [2.24, 2.45) is 0 Å². The first kappa shape index (κ1) is 26.9. The summed E-state index contributed by atoms with van der Waals surface area (Å²) in [5.74, 6) is -2.90. The Labute approximate surface area is 231 Å². The van der Waals surface area contributed by atoms with Crippen LogP contribution in [0.2, 0.25) is 0 Å². The van der Waals surface area contributed by atoms with Crippen LogP contribution >= 0.6 is 11.3 Å². The first-order chi connectivity index (χ1) is 19.3. The number of H-pyrrole nitrogens is 1. The second-order valence-electron chi connectivity index (χ2n) is 9.09. The monoisotopic (exact) mass is 561 g/mol. The van der Waals surface area contributed by atoms with Gasteiger partial charge in [-0.15, -0.1) is 11.3 Å². The van der Waals surface area contributed by atoms with E-state index in [0.29, 0.717) is 12.1 Å². The molecule has 204 valence electrons. The SMILES string of the molecule is CCNC(=O)C[C@@H](NC(=O)c1cccn(Cc2ccc(F)c(F)c2)c1=O)c1ccc(-c2c[nH]c3ncccc23)s1. The van der Waals surface area contributed by atoms with E-state index in [1.807, 2.05) is 30.5 Å². The topological polar surface area (TPSA) is 109 Å². The van der Waals surface area contributed by atoms with Crippen molar-refractivity contribution in [3.05, 3.63) is 111 Å². The summed E-state index contributed by atoms with van der Waals surface area (Å²) in [6, 6.07) is 13.2. The molecule has 11 heteroatoms. The lowest BCUT2D eigenvalue weighted by atomic mass is 10.1. The molecule has 0 aliphatic heterocycles. The highest BCUT2D eigenvalue weighted by molar-refractivity contribution is 7.15. The fourth-order valence-electron chi connectivity index (χ4n) is 4.43. The molecule has 0 saturated heterocycles. The summed E-state index contributed by atoms with van der Waals surface area (Å²) in [5, 5.41) is 6.55. The molecule has 3 N–H and O–H groups in total. The third kappa shape index (κ3) is 5.69. The molecule has 1 aromatic carbocycles. The number of aromatic nitrogens is 3. The second kappa shape index (κ2) is 11.6. The maximum atomic E-state index is 13.7. The van der Waals surface area contributed by atoms with Gasteiger partial charge < -0.3 is 20.2 Å². The number of hydrogen-bond donors (Lipinski definition) is 3. The molecule has 8 nitrogen and oxygen atoms in total. The molecule has 0 saturated carbocycles. The predicted molar refractivity (Wildman–Crippen MR) is 149 cm³/mol. The average Bonchev–Trinajstić information content (AvgIpc) is 3.59. The maximum Gasteiger partial charge on any atom is 0.263 e. The van der Waals surface area contributed by atoms with Gasteiger partial charge in [0.05, 0.1) is 19.0 Å². The summed E-state index contributed by atoms with van der Waals surface area (Å²) in [6.07, 6.45) is 5.01. The van der Waals surface area contributed by atoms with Gasteiger partial charge >= 0.3 is 0 Å². The van der Waals surface area contributed by atoms with Gasteiger partial charge in [-0.2, -0.15) is 0 Å². The summed E-state index contributed by atoms with van der Waals surface area (Å²) < 4.78 is 28.2. The minimum absolute atomic E-state index is 0.0230. The van der Waals surface area contributed by atoms with Gasteiger partial charge in [-0.3, -0.25) is 14.4 Å². The fraction of sp³-hybridized carbons (Fsp3) is 0.172. The van der Waals surface area contributed by atoms with Crippen molar-refractivity contribution in [3.8, 4) is 10.4 Å². The molecule has 40 heavy (non-hydrogen) atoms. The Balaban J connectivity index is 1.41. The largest absolute Gasteiger partial charge is 0.356 e. The molecule has 0 unspecified atom stereocenters. The zero-order valence-corrected chi connectivity index (χ0v) is 22.2. The Morgan fingerprint density at radius 3 is 2.75 bits per heavy atom. The van der Waals surface area contributed by atoms with Gasteiger partial charge in [0.25, 0.3) is 11.5 Å². The van der Waals surface area contributed by atoms with Crippen LogP contribution < -0.4 is 16.2 Å². The Hall–Kier alpha value is -4.64. The zero-order chi connectivity index (χ0) is 28.2. The van der Waals surface area contributed by atoms with E-state index in [9.17, 15) is 23.2 Å². The van der Waals surface area contributed by atoms with Crippen molar-refractivity contribution in [2.75, 3.05) is 6.54 Å². The molecule has 0 bridgehead atoms. The number of hydrogen-bond acceptors (Lipinski definition) is 5. The second-order valence-corrected chi connectivity index (χ2v) is 10.2. The van der Waals surface area contributed by atoms with Crippen LogP contribution in [0.15, 0.2) is 78.0 Å². The molecule has 4 aromatic heterocycles. The number of halogens is 2. The van der Waals surface area contributed by atoms with Gasteiger partial charge in [-0.1, -0.05) is 6.07 Å². The quantitative estimate of drug-likeness (QED) is 0.241. The number of rotatable bonds is 9. The molecule has 1 atom stereocenters. The molecule has 0 fully saturated rings. The number of nitrogens with one attached hydrogen (secondary N) is 3. The molecule has 5 rings (SSSR count). The zero-order valence-electron chi connectivity index (χ0n) is 21.4. The van der Waals surface area contributed by atoms with Crippen molar-refractivity contribution < 1.29 is 18.4 Å². The number of fused-ring (bicyclic) bond motifs is 1. The van der Waals surface area contributed by atoms with E-state index in [1.165, 1.54) is 40.3 Å². The van der Waals surface area contributed by atoms with E-state index in [2.05, 4.69) is 20.6 Å². The van der Waals surface area contributed by atoms with Gasteiger partial charge in [0, 0.05) is 45.8 Å². The summed E-state index contributed by atoms with van der Waals surface area (Å²) in [6.45, 7) is 2.19. The number of thiophene rings is 1. The van der Waals surface area contributed by atoms with E-state index in [-0.39, 0.29) is 24.4 Å².